The molecule has 1 aliphatic heterocycles. The fourth-order valence-corrected chi connectivity index (χ4v) is 4.08. The van der Waals surface area contributed by atoms with Crippen LogP contribution in [0.4, 0.5) is 5.69 Å². The van der Waals surface area contributed by atoms with Crippen LogP contribution >= 0.6 is 0 Å². The highest BCUT2D eigenvalue weighted by Gasteiger charge is 2.31. The number of phenols is 2. The van der Waals surface area contributed by atoms with E-state index in [0.717, 1.165) is 15.9 Å². The molecule has 0 bridgehead atoms. The molecule has 1 unspecified atom stereocenters. The first-order valence-electron chi connectivity index (χ1n) is 9.07. The maximum Gasteiger partial charge on any atom is 0.331 e. The number of aromatic hydroxyl groups is 2. The summed E-state index contributed by atoms with van der Waals surface area (Å²) in [6.45, 7) is 0. The fourth-order valence-electron chi connectivity index (χ4n) is 4.08. The van der Waals surface area contributed by atoms with Crippen molar-refractivity contribution in [2.45, 2.75) is 6.04 Å². The maximum absolute atomic E-state index is 12.8. The molecule has 1 atom stereocenters. The van der Waals surface area contributed by atoms with Gasteiger partial charge in [-0.3, -0.25) is 13.9 Å². The molecule has 2 aromatic heterocycles. The van der Waals surface area contributed by atoms with E-state index >= 15 is 0 Å². The lowest BCUT2D eigenvalue weighted by molar-refractivity contribution is 0.403. The summed E-state index contributed by atoms with van der Waals surface area (Å²) in [7, 11) is 3.10. The molecule has 0 saturated heterocycles. The van der Waals surface area contributed by atoms with Crippen molar-refractivity contribution in [1.29, 1.82) is 0 Å². The van der Waals surface area contributed by atoms with Crippen LogP contribution in [0.2, 0.25) is 0 Å². The Kier molecular flexibility index (Phi) is 3.42. The normalized spacial score (nSPS) is 15.0. The van der Waals surface area contributed by atoms with Crippen molar-refractivity contribution in [3.63, 3.8) is 0 Å². The second kappa shape index (κ2) is 5.78. The number of aryl methyl sites for hydroxylation is 1. The van der Waals surface area contributed by atoms with E-state index in [1.807, 2.05) is 28.8 Å². The van der Waals surface area contributed by atoms with E-state index in [2.05, 4.69) is 5.32 Å². The SMILES string of the molecule is Cn1c(=O)c2cn3c(c2n(C)c1=O)C(c1ccc(O)c(O)c1)Nc1ccccc1-3. The van der Waals surface area contributed by atoms with Crippen molar-refractivity contribution in [2.24, 2.45) is 14.1 Å². The number of hydrogen-bond acceptors (Lipinski definition) is 5. The van der Waals surface area contributed by atoms with Crippen LogP contribution in [0.25, 0.3) is 16.6 Å². The molecular formula is C21H18N4O4. The minimum absolute atomic E-state index is 0.216. The zero-order valence-electron chi connectivity index (χ0n) is 15.7. The zero-order valence-corrected chi connectivity index (χ0v) is 15.7. The van der Waals surface area contributed by atoms with Gasteiger partial charge in [-0.05, 0) is 29.8 Å². The summed E-state index contributed by atoms with van der Waals surface area (Å²) in [6.07, 6.45) is 1.75. The van der Waals surface area contributed by atoms with Crippen LogP contribution in [-0.2, 0) is 14.1 Å². The van der Waals surface area contributed by atoms with Gasteiger partial charge in [0, 0.05) is 20.3 Å². The summed E-state index contributed by atoms with van der Waals surface area (Å²) >= 11 is 0. The van der Waals surface area contributed by atoms with Gasteiger partial charge in [-0.15, -0.1) is 0 Å². The molecule has 3 N–H and O–H groups in total. The van der Waals surface area contributed by atoms with E-state index < -0.39 is 11.7 Å². The smallest absolute Gasteiger partial charge is 0.331 e. The molecule has 146 valence electrons. The van der Waals surface area contributed by atoms with Gasteiger partial charge in [0.15, 0.2) is 11.5 Å². The summed E-state index contributed by atoms with van der Waals surface area (Å²) < 4.78 is 4.46. The first-order chi connectivity index (χ1) is 13.9. The van der Waals surface area contributed by atoms with Crippen LogP contribution in [0.3, 0.4) is 0 Å². The summed E-state index contributed by atoms with van der Waals surface area (Å²) in [4.78, 5) is 25.4. The average molecular weight is 390 g/mol. The van der Waals surface area contributed by atoms with Gasteiger partial charge in [0.2, 0.25) is 0 Å². The number of rotatable bonds is 1. The van der Waals surface area contributed by atoms with Crippen molar-refractivity contribution in [1.82, 2.24) is 13.7 Å². The summed E-state index contributed by atoms with van der Waals surface area (Å²) in [5.74, 6) is -0.457. The number of anilines is 1. The number of phenolic OH excluding ortho intramolecular Hbond substituents is 2. The molecule has 8 nitrogen and oxygen atoms in total. The zero-order chi connectivity index (χ0) is 20.4. The molecule has 0 aliphatic carbocycles. The third-order valence-corrected chi connectivity index (χ3v) is 5.53. The number of benzene rings is 2. The lowest BCUT2D eigenvalue weighted by atomic mass is 9.99. The number of hydrogen-bond donors (Lipinski definition) is 3. The number of nitrogens with one attached hydrogen (secondary N) is 1. The Morgan fingerprint density at radius 2 is 1.72 bits per heavy atom. The Hall–Kier alpha value is -3.94. The second-order valence-corrected chi connectivity index (χ2v) is 7.20. The van der Waals surface area contributed by atoms with Crippen LogP contribution < -0.4 is 16.6 Å². The highest BCUT2D eigenvalue weighted by Crippen LogP contribution is 2.41. The van der Waals surface area contributed by atoms with Crippen molar-refractivity contribution in [2.75, 3.05) is 5.32 Å². The predicted octanol–water partition coefficient (Wildman–Crippen LogP) is 1.95. The number of para-hydroxylation sites is 2. The van der Waals surface area contributed by atoms with E-state index in [-0.39, 0.29) is 17.1 Å². The molecule has 1 aliphatic rings. The van der Waals surface area contributed by atoms with E-state index in [0.29, 0.717) is 22.2 Å². The highest BCUT2D eigenvalue weighted by molar-refractivity contribution is 5.86. The summed E-state index contributed by atoms with van der Waals surface area (Å²) in [5, 5.41) is 23.6. The summed E-state index contributed by atoms with van der Waals surface area (Å²) in [5.41, 5.74) is 2.84. The molecule has 3 heterocycles. The Bertz CT molecular complexity index is 1430. The number of fused-ring (bicyclic) bond motifs is 5. The van der Waals surface area contributed by atoms with Gasteiger partial charge >= 0.3 is 5.69 Å². The Labute approximate surface area is 164 Å². The van der Waals surface area contributed by atoms with Gasteiger partial charge in [0.25, 0.3) is 5.56 Å². The lowest BCUT2D eigenvalue weighted by Gasteiger charge is -2.30. The molecule has 2 aromatic carbocycles. The van der Waals surface area contributed by atoms with E-state index in [4.69, 9.17) is 0 Å². The van der Waals surface area contributed by atoms with Crippen molar-refractivity contribution in [3.8, 4) is 17.2 Å². The van der Waals surface area contributed by atoms with Crippen LogP contribution in [0.5, 0.6) is 11.5 Å². The lowest BCUT2D eigenvalue weighted by Crippen LogP contribution is -2.37. The number of aromatic nitrogens is 3. The highest BCUT2D eigenvalue weighted by atomic mass is 16.3. The number of nitrogens with zero attached hydrogens (tertiary/aromatic N) is 3. The molecule has 5 rings (SSSR count). The molecule has 0 spiro atoms. The molecule has 0 fully saturated rings. The largest absolute Gasteiger partial charge is 0.504 e. The van der Waals surface area contributed by atoms with Crippen molar-refractivity contribution in [3.05, 3.63) is 80.8 Å². The van der Waals surface area contributed by atoms with Crippen LogP contribution in [0.1, 0.15) is 17.3 Å². The second-order valence-electron chi connectivity index (χ2n) is 7.20. The van der Waals surface area contributed by atoms with E-state index in [1.54, 1.807) is 19.3 Å². The quantitative estimate of drug-likeness (QED) is 0.431. The molecule has 0 saturated carbocycles. The predicted molar refractivity (Wildman–Crippen MR) is 109 cm³/mol. The molecular weight excluding hydrogens is 372 g/mol. The average Bonchev–Trinajstić information content (AvgIpc) is 3.13. The fraction of sp³-hybridized carbons (Fsp3) is 0.143. The van der Waals surface area contributed by atoms with Crippen molar-refractivity contribution < 1.29 is 10.2 Å². The van der Waals surface area contributed by atoms with Gasteiger partial charge in [-0.1, -0.05) is 18.2 Å². The monoisotopic (exact) mass is 390 g/mol. The van der Waals surface area contributed by atoms with E-state index in [1.165, 1.54) is 23.7 Å². The Morgan fingerprint density at radius 3 is 2.48 bits per heavy atom. The molecule has 0 amide bonds. The van der Waals surface area contributed by atoms with Crippen molar-refractivity contribution >= 4 is 16.6 Å². The molecule has 4 aromatic rings. The molecule has 29 heavy (non-hydrogen) atoms. The van der Waals surface area contributed by atoms with Gasteiger partial charge in [0.05, 0.1) is 34.0 Å². The Balaban J connectivity index is 1.93. The minimum Gasteiger partial charge on any atom is -0.504 e. The Morgan fingerprint density at radius 1 is 0.966 bits per heavy atom. The van der Waals surface area contributed by atoms with Gasteiger partial charge in [0.1, 0.15) is 0 Å². The standard InChI is InChI=1S/C21H18N4O4/c1-23-18-12(20(28)24(2)21(23)29)10-25-14-6-4-3-5-13(14)22-17(19(18)25)11-7-8-15(26)16(27)9-11/h3-10,17,22,26-27H,1-2H3. The van der Waals surface area contributed by atoms with Gasteiger partial charge in [-0.2, -0.15) is 0 Å². The maximum atomic E-state index is 12.8. The van der Waals surface area contributed by atoms with Gasteiger partial charge in [-0.25, -0.2) is 4.79 Å². The third kappa shape index (κ3) is 2.25. The van der Waals surface area contributed by atoms with Gasteiger partial charge < -0.3 is 20.1 Å². The first-order valence-corrected chi connectivity index (χ1v) is 9.07. The topological polar surface area (TPSA) is 101 Å². The summed E-state index contributed by atoms with van der Waals surface area (Å²) in [6, 6.07) is 11.8. The van der Waals surface area contributed by atoms with Crippen LogP contribution in [0.15, 0.2) is 58.3 Å². The van der Waals surface area contributed by atoms with E-state index in [9.17, 15) is 19.8 Å². The molecule has 8 heteroatoms. The van der Waals surface area contributed by atoms with Crippen LogP contribution in [-0.4, -0.2) is 23.9 Å². The first kappa shape index (κ1) is 17.2. The van der Waals surface area contributed by atoms with Crippen LogP contribution in [0, 0.1) is 0 Å². The third-order valence-electron chi connectivity index (χ3n) is 5.53. The minimum atomic E-state index is -0.452. The molecule has 0 radical (unpaired) electrons.